The normalized spacial score (nSPS) is 10.8. The number of phenols is 1. The van der Waals surface area contributed by atoms with Gasteiger partial charge >= 0.3 is 5.97 Å². The average Bonchev–Trinajstić information content (AvgIpc) is 3.01. The lowest BCUT2D eigenvalue weighted by molar-refractivity contribution is 0.0590. The summed E-state index contributed by atoms with van der Waals surface area (Å²) in [4.78, 5) is 12.1. The zero-order valence-electron chi connectivity index (χ0n) is 13.6. The van der Waals surface area contributed by atoms with Crippen LogP contribution in [0.4, 0.5) is 0 Å². The first-order chi connectivity index (χ1) is 12.5. The maximum atomic E-state index is 12.1. The van der Waals surface area contributed by atoms with E-state index in [1.165, 1.54) is 23.9 Å². The Morgan fingerprint density at radius 2 is 1.88 bits per heavy atom. The molecule has 0 atom stereocenters. The number of nitrogens with zero attached hydrogens (tertiary/aromatic N) is 2. The molecule has 0 aliphatic rings. The number of rotatable bonds is 4. The lowest BCUT2D eigenvalue weighted by Gasteiger charge is -2.11. The summed E-state index contributed by atoms with van der Waals surface area (Å²) in [6.45, 7) is -0.439. The number of methoxy groups -OCH3 is 1. The fourth-order valence-corrected chi connectivity index (χ4v) is 3.09. The predicted octanol–water partition coefficient (Wildman–Crippen LogP) is 3.83. The molecule has 0 aliphatic heterocycles. The van der Waals surface area contributed by atoms with E-state index in [0.717, 1.165) is 0 Å². The first-order valence-corrected chi connectivity index (χ1v) is 8.27. The lowest BCUT2D eigenvalue weighted by atomic mass is 10.1. The van der Waals surface area contributed by atoms with Crippen molar-refractivity contribution in [2.24, 2.45) is 0 Å². The lowest BCUT2D eigenvalue weighted by Crippen LogP contribution is -2.06. The van der Waals surface area contributed by atoms with Gasteiger partial charge in [-0.3, -0.25) is 0 Å². The summed E-state index contributed by atoms with van der Waals surface area (Å²) in [7, 11) is 1.23. The van der Waals surface area contributed by atoms with Gasteiger partial charge in [0, 0.05) is 16.1 Å². The number of aromatic hydroxyl groups is 1. The van der Waals surface area contributed by atoms with Crippen molar-refractivity contribution in [3.8, 4) is 22.7 Å². The van der Waals surface area contributed by atoms with Gasteiger partial charge in [-0.2, -0.15) is 5.10 Å². The van der Waals surface area contributed by atoms with E-state index in [1.807, 2.05) is 0 Å². The highest BCUT2D eigenvalue weighted by atomic mass is 35.5. The number of aliphatic hydroxyl groups excluding tert-OH is 1. The highest BCUT2D eigenvalue weighted by Gasteiger charge is 2.25. The van der Waals surface area contributed by atoms with Gasteiger partial charge in [0.2, 0.25) is 0 Å². The zero-order valence-corrected chi connectivity index (χ0v) is 15.1. The number of aliphatic hydroxyl groups is 1. The largest absolute Gasteiger partial charge is 0.508 e. The van der Waals surface area contributed by atoms with Crippen LogP contribution >= 0.6 is 23.2 Å². The molecule has 3 rings (SSSR count). The summed E-state index contributed by atoms with van der Waals surface area (Å²) in [6, 6.07) is 11.1. The quantitative estimate of drug-likeness (QED) is 0.659. The van der Waals surface area contributed by atoms with Gasteiger partial charge in [0.15, 0.2) is 5.69 Å². The van der Waals surface area contributed by atoms with E-state index < -0.39 is 12.6 Å². The SMILES string of the molecule is COC(=O)c1nn(-c2ccc(Cl)cc2Cl)c(-c2ccc(O)cc2)c1CO. The van der Waals surface area contributed by atoms with E-state index in [1.54, 1.807) is 30.3 Å². The summed E-state index contributed by atoms with van der Waals surface area (Å²) >= 11 is 12.3. The third-order valence-electron chi connectivity index (χ3n) is 3.80. The smallest absolute Gasteiger partial charge is 0.358 e. The molecular formula is C18H14Cl2N2O4. The number of esters is 1. The maximum Gasteiger partial charge on any atom is 0.358 e. The van der Waals surface area contributed by atoms with Gasteiger partial charge in [-0.25, -0.2) is 9.48 Å². The molecule has 8 heteroatoms. The zero-order chi connectivity index (χ0) is 18.8. The number of aromatic nitrogens is 2. The first-order valence-electron chi connectivity index (χ1n) is 7.52. The molecule has 0 bridgehead atoms. The fraction of sp³-hybridized carbons (Fsp3) is 0.111. The summed E-state index contributed by atoms with van der Waals surface area (Å²) in [5.74, 6) is -0.596. The minimum absolute atomic E-state index is 0.0240. The van der Waals surface area contributed by atoms with Crippen LogP contribution in [0.25, 0.3) is 16.9 Å². The minimum Gasteiger partial charge on any atom is -0.508 e. The van der Waals surface area contributed by atoms with Crippen molar-refractivity contribution in [1.29, 1.82) is 0 Å². The third-order valence-corrected chi connectivity index (χ3v) is 4.34. The summed E-state index contributed by atoms with van der Waals surface area (Å²) in [5.41, 5.74) is 1.82. The molecule has 3 aromatic rings. The molecule has 0 unspecified atom stereocenters. The number of hydrogen-bond acceptors (Lipinski definition) is 5. The number of carbonyl (C=O) groups excluding carboxylic acids is 1. The van der Waals surface area contributed by atoms with Crippen molar-refractivity contribution in [2.75, 3.05) is 7.11 Å². The van der Waals surface area contributed by atoms with Crippen molar-refractivity contribution >= 4 is 29.2 Å². The number of phenolic OH excluding ortho intramolecular Hbond substituents is 1. The van der Waals surface area contributed by atoms with Gasteiger partial charge in [-0.1, -0.05) is 23.2 Å². The van der Waals surface area contributed by atoms with E-state index in [4.69, 9.17) is 27.9 Å². The van der Waals surface area contributed by atoms with E-state index in [9.17, 15) is 15.0 Å². The van der Waals surface area contributed by atoms with Crippen molar-refractivity contribution in [1.82, 2.24) is 9.78 Å². The Balaban J connectivity index is 2.33. The van der Waals surface area contributed by atoms with E-state index in [-0.39, 0.29) is 17.0 Å². The molecule has 26 heavy (non-hydrogen) atoms. The average molecular weight is 393 g/mol. The molecule has 1 heterocycles. The number of halogens is 2. The van der Waals surface area contributed by atoms with Gasteiger partial charge in [0.1, 0.15) is 5.75 Å². The second kappa shape index (κ2) is 7.37. The van der Waals surface area contributed by atoms with Crippen LogP contribution in [-0.4, -0.2) is 33.1 Å². The van der Waals surface area contributed by atoms with E-state index in [2.05, 4.69) is 5.10 Å². The van der Waals surface area contributed by atoms with Gasteiger partial charge in [0.25, 0.3) is 0 Å². The molecule has 0 fully saturated rings. The van der Waals surface area contributed by atoms with Crippen LogP contribution in [0.3, 0.4) is 0 Å². The molecule has 6 nitrogen and oxygen atoms in total. The second-order valence-electron chi connectivity index (χ2n) is 5.38. The highest BCUT2D eigenvalue weighted by molar-refractivity contribution is 6.35. The van der Waals surface area contributed by atoms with Crippen LogP contribution in [0.1, 0.15) is 16.1 Å². The molecule has 134 valence electrons. The van der Waals surface area contributed by atoms with Gasteiger partial charge in [-0.05, 0) is 42.5 Å². The standard InChI is InChI=1S/C18H14Cl2N2O4/c1-26-18(25)16-13(9-23)17(10-2-5-12(24)6-3-10)22(21-16)15-7-4-11(19)8-14(15)20/h2-8,23-24H,9H2,1H3. The molecule has 0 aliphatic carbocycles. The molecule has 2 aromatic carbocycles. The molecular weight excluding hydrogens is 379 g/mol. The molecule has 0 spiro atoms. The summed E-state index contributed by atoms with van der Waals surface area (Å²) < 4.78 is 6.21. The number of benzene rings is 2. The maximum absolute atomic E-state index is 12.1. The Labute approximate surface area is 159 Å². The third kappa shape index (κ3) is 3.26. The molecule has 1 aromatic heterocycles. The van der Waals surface area contributed by atoms with Crippen LogP contribution in [0.5, 0.6) is 5.75 Å². The first kappa shape index (κ1) is 18.3. The van der Waals surface area contributed by atoms with Crippen molar-refractivity contribution in [3.05, 3.63) is 63.8 Å². The van der Waals surface area contributed by atoms with Crippen LogP contribution in [0.2, 0.25) is 10.0 Å². The van der Waals surface area contributed by atoms with Crippen LogP contribution < -0.4 is 0 Å². The number of hydrogen-bond donors (Lipinski definition) is 2. The number of ether oxygens (including phenoxy) is 1. The van der Waals surface area contributed by atoms with Crippen molar-refractivity contribution < 1.29 is 19.7 Å². The van der Waals surface area contributed by atoms with Crippen LogP contribution in [0, 0.1) is 0 Å². The Hall–Kier alpha value is -2.54. The molecule has 2 N–H and O–H groups in total. The van der Waals surface area contributed by atoms with Crippen molar-refractivity contribution in [2.45, 2.75) is 6.61 Å². The Kier molecular flexibility index (Phi) is 5.18. The van der Waals surface area contributed by atoms with Gasteiger partial charge in [-0.15, -0.1) is 0 Å². The van der Waals surface area contributed by atoms with Gasteiger partial charge in [0.05, 0.1) is 30.1 Å². The highest BCUT2D eigenvalue weighted by Crippen LogP contribution is 2.34. The Bertz CT molecular complexity index is 968. The monoisotopic (exact) mass is 392 g/mol. The van der Waals surface area contributed by atoms with Crippen LogP contribution in [-0.2, 0) is 11.3 Å². The molecule has 0 radical (unpaired) electrons. The Morgan fingerprint density at radius 3 is 2.46 bits per heavy atom. The molecule has 0 amide bonds. The van der Waals surface area contributed by atoms with E-state index >= 15 is 0 Å². The topological polar surface area (TPSA) is 84.6 Å². The number of carbonyl (C=O) groups is 1. The Morgan fingerprint density at radius 1 is 1.19 bits per heavy atom. The second-order valence-corrected chi connectivity index (χ2v) is 6.22. The van der Waals surface area contributed by atoms with E-state index in [0.29, 0.717) is 27.0 Å². The fourth-order valence-electron chi connectivity index (χ4n) is 2.60. The summed E-state index contributed by atoms with van der Waals surface area (Å²) in [5, 5.41) is 24.5. The predicted molar refractivity (Wildman–Crippen MR) is 97.9 cm³/mol. The minimum atomic E-state index is -0.682. The van der Waals surface area contributed by atoms with Crippen molar-refractivity contribution in [3.63, 3.8) is 0 Å². The van der Waals surface area contributed by atoms with Gasteiger partial charge < -0.3 is 14.9 Å². The van der Waals surface area contributed by atoms with Crippen LogP contribution in [0.15, 0.2) is 42.5 Å². The molecule has 0 saturated carbocycles. The molecule has 0 saturated heterocycles. The summed E-state index contributed by atoms with van der Waals surface area (Å²) in [6.07, 6.45) is 0.